The molecular formula is C16H19N3O2. The normalized spacial score (nSPS) is 17.5. The third kappa shape index (κ3) is 2.63. The van der Waals surface area contributed by atoms with Gasteiger partial charge in [-0.2, -0.15) is 5.10 Å². The summed E-state index contributed by atoms with van der Waals surface area (Å²) in [6.45, 7) is 5.98. The Morgan fingerprint density at radius 1 is 1.29 bits per heavy atom. The third-order valence-corrected chi connectivity index (χ3v) is 3.64. The summed E-state index contributed by atoms with van der Waals surface area (Å²) in [5, 5.41) is 9.92. The Morgan fingerprint density at radius 2 is 2.00 bits per heavy atom. The van der Waals surface area contributed by atoms with E-state index < -0.39 is 0 Å². The fraction of sp³-hybridized carbons (Fsp3) is 0.375. The first-order valence-electron chi connectivity index (χ1n) is 7.16. The standard InChI is InChI=1S/C16H19N3O2/c1-9(2)21-12-6-4-11(5-7-12)13-8-14(20)17-16-15(13)10(3)18-19-16/h4-7,9,13H,8H2,1-3H3,(H2,17,18,19,20)/t13-/m1/s1. The number of hydrogen-bond donors (Lipinski definition) is 2. The van der Waals surface area contributed by atoms with Gasteiger partial charge in [-0.25, -0.2) is 0 Å². The van der Waals surface area contributed by atoms with Crippen molar-refractivity contribution < 1.29 is 9.53 Å². The van der Waals surface area contributed by atoms with E-state index in [1.54, 1.807) is 0 Å². The lowest BCUT2D eigenvalue weighted by molar-refractivity contribution is -0.116. The molecule has 1 aliphatic rings. The molecule has 0 fully saturated rings. The maximum atomic E-state index is 11.8. The molecule has 0 saturated heterocycles. The summed E-state index contributed by atoms with van der Waals surface area (Å²) in [6.07, 6.45) is 0.594. The molecule has 3 rings (SSSR count). The summed E-state index contributed by atoms with van der Waals surface area (Å²) in [5.74, 6) is 1.54. The van der Waals surface area contributed by atoms with Crippen LogP contribution in [0.15, 0.2) is 24.3 Å². The quantitative estimate of drug-likeness (QED) is 0.911. The number of nitrogens with one attached hydrogen (secondary N) is 2. The minimum absolute atomic E-state index is 0.00140. The topological polar surface area (TPSA) is 67.0 Å². The summed E-state index contributed by atoms with van der Waals surface area (Å²) >= 11 is 0. The smallest absolute Gasteiger partial charge is 0.226 e. The van der Waals surface area contributed by atoms with Crippen LogP contribution in [0.3, 0.4) is 0 Å². The van der Waals surface area contributed by atoms with Gasteiger partial charge in [-0.15, -0.1) is 0 Å². The molecule has 0 bridgehead atoms. The number of aromatic amines is 1. The summed E-state index contributed by atoms with van der Waals surface area (Å²) < 4.78 is 5.66. The molecule has 1 aromatic carbocycles. The van der Waals surface area contributed by atoms with Gasteiger partial charge in [0.2, 0.25) is 5.91 Å². The van der Waals surface area contributed by atoms with E-state index in [0.717, 1.165) is 22.6 Å². The number of ether oxygens (including phenoxy) is 1. The van der Waals surface area contributed by atoms with E-state index in [4.69, 9.17) is 4.74 Å². The number of carbonyl (C=O) groups is 1. The van der Waals surface area contributed by atoms with Crippen molar-refractivity contribution in [2.45, 2.75) is 39.2 Å². The monoisotopic (exact) mass is 285 g/mol. The summed E-state index contributed by atoms with van der Waals surface area (Å²) in [6, 6.07) is 7.96. The van der Waals surface area contributed by atoms with Crippen LogP contribution in [0.5, 0.6) is 5.75 Å². The van der Waals surface area contributed by atoms with Crippen LogP contribution in [0.4, 0.5) is 5.82 Å². The van der Waals surface area contributed by atoms with Crippen molar-refractivity contribution in [2.75, 3.05) is 5.32 Å². The van der Waals surface area contributed by atoms with Crippen molar-refractivity contribution in [1.29, 1.82) is 0 Å². The average Bonchev–Trinajstić information content (AvgIpc) is 2.79. The van der Waals surface area contributed by atoms with E-state index >= 15 is 0 Å². The molecule has 110 valence electrons. The highest BCUT2D eigenvalue weighted by molar-refractivity contribution is 5.94. The number of benzene rings is 1. The lowest BCUT2D eigenvalue weighted by Gasteiger charge is -2.23. The van der Waals surface area contributed by atoms with E-state index in [1.807, 2.05) is 45.0 Å². The molecule has 0 unspecified atom stereocenters. The Bertz CT molecular complexity index is 659. The van der Waals surface area contributed by atoms with Crippen molar-refractivity contribution in [3.8, 4) is 5.75 Å². The minimum atomic E-state index is 0.00140. The van der Waals surface area contributed by atoms with E-state index in [1.165, 1.54) is 0 Å². The lowest BCUT2D eigenvalue weighted by Crippen LogP contribution is -2.23. The highest BCUT2D eigenvalue weighted by Crippen LogP contribution is 2.38. The predicted octanol–water partition coefficient (Wildman–Crippen LogP) is 2.98. The molecule has 2 N–H and O–H groups in total. The molecule has 21 heavy (non-hydrogen) atoms. The first-order chi connectivity index (χ1) is 10.0. The molecule has 5 heteroatoms. The number of carbonyl (C=O) groups excluding carboxylic acids is 1. The molecule has 1 amide bonds. The predicted molar refractivity (Wildman–Crippen MR) is 80.6 cm³/mol. The summed E-state index contributed by atoms with van der Waals surface area (Å²) in [5.41, 5.74) is 3.18. The molecule has 1 atom stereocenters. The van der Waals surface area contributed by atoms with E-state index in [9.17, 15) is 4.79 Å². The number of aromatic nitrogens is 2. The van der Waals surface area contributed by atoms with E-state index in [0.29, 0.717) is 12.2 Å². The highest BCUT2D eigenvalue weighted by atomic mass is 16.5. The van der Waals surface area contributed by atoms with Crippen LogP contribution in [-0.4, -0.2) is 22.2 Å². The Morgan fingerprint density at radius 3 is 2.67 bits per heavy atom. The van der Waals surface area contributed by atoms with E-state index in [-0.39, 0.29) is 17.9 Å². The summed E-state index contributed by atoms with van der Waals surface area (Å²) in [7, 11) is 0. The highest BCUT2D eigenvalue weighted by Gasteiger charge is 2.30. The van der Waals surface area contributed by atoms with Crippen molar-refractivity contribution >= 4 is 11.7 Å². The van der Waals surface area contributed by atoms with Gasteiger partial charge < -0.3 is 10.1 Å². The van der Waals surface area contributed by atoms with Gasteiger partial charge in [0, 0.05) is 23.6 Å². The second-order valence-electron chi connectivity index (χ2n) is 5.65. The fourth-order valence-electron chi connectivity index (χ4n) is 2.77. The van der Waals surface area contributed by atoms with Crippen LogP contribution in [0.25, 0.3) is 0 Å². The van der Waals surface area contributed by atoms with Crippen LogP contribution in [-0.2, 0) is 4.79 Å². The zero-order chi connectivity index (χ0) is 15.0. The van der Waals surface area contributed by atoms with Gasteiger partial charge >= 0.3 is 0 Å². The zero-order valence-electron chi connectivity index (χ0n) is 12.4. The Balaban J connectivity index is 1.93. The zero-order valence-corrected chi connectivity index (χ0v) is 12.4. The van der Waals surface area contributed by atoms with Gasteiger partial charge in [-0.3, -0.25) is 9.89 Å². The number of H-pyrrole nitrogens is 1. The van der Waals surface area contributed by atoms with Crippen molar-refractivity contribution in [3.63, 3.8) is 0 Å². The Hall–Kier alpha value is -2.30. The SMILES string of the molecule is Cc1[nH]nc2c1[C@@H](c1ccc(OC(C)C)cc1)CC(=O)N2. The number of fused-ring (bicyclic) bond motifs is 1. The molecule has 1 aliphatic heterocycles. The lowest BCUT2D eigenvalue weighted by atomic mass is 9.86. The van der Waals surface area contributed by atoms with Gasteiger partial charge in [0.25, 0.3) is 0 Å². The van der Waals surface area contributed by atoms with E-state index in [2.05, 4.69) is 15.5 Å². The Kier molecular flexibility index (Phi) is 3.41. The van der Waals surface area contributed by atoms with Gasteiger partial charge in [-0.1, -0.05) is 12.1 Å². The molecular weight excluding hydrogens is 266 g/mol. The second-order valence-corrected chi connectivity index (χ2v) is 5.65. The molecule has 5 nitrogen and oxygen atoms in total. The van der Waals surface area contributed by atoms with Gasteiger partial charge in [0.05, 0.1) is 6.10 Å². The number of hydrogen-bond acceptors (Lipinski definition) is 3. The number of nitrogens with zero attached hydrogens (tertiary/aromatic N) is 1. The second kappa shape index (κ2) is 5.24. The first kappa shape index (κ1) is 13.7. The van der Waals surface area contributed by atoms with Crippen molar-refractivity contribution in [2.24, 2.45) is 0 Å². The van der Waals surface area contributed by atoms with Gasteiger partial charge in [-0.05, 0) is 38.5 Å². The third-order valence-electron chi connectivity index (χ3n) is 3.64. The largest absolute Gasteiger partial charge is 0.491 e. The van der Waals surface area contributed by atoms with Crippen LogP contribution >= 0.6 is 0 Å². The fourth-order valence-corrected chi connectivity index (χ4v) is 2.77. The van der Waals surface area contributed by atoms with Gasteiger partial charge in [0.1, 0.15) is 5.75 Å². The molecule has 0 aliphatic carbocycles. The first-order valence-corrected chi connectivity index (χ1v) is 7.16. The molecule has 0 spiro atoms. The van der Waals surface area contributed by atoms with Gasteiger partial charge in [0.15, 0.2) is 5.82 Å². The van der Waals surface area contributed by atoms with Crippen LogP contribution in [0, 0.1) is 6.92 Å². The maximum absolute atomic E-state index is 11.8. The maximum Gasteiger partial charge on any atom is 0.226 e. The van der Waals surface area contributed by atoms with Crippen molar-refractivity contribution in [1.82, 2.24) is 10.2 Å². The minimum Gasteiger partial charge on any atom is -0.491 e. The van der Waals surface area contributed by atoms with Crippen LogP contribution in [0.1, 0.15) is 43.0 Å². The van der Waals surface area contributed by atoms with Crippen LogP contribution < -0.4 is 10.1 Å². The number of anilines is 1. The van der Waals surface area contributed by atoms with Crippen LogP contribution in [0.2, 0.25) is 0 Å². The molecule has 2 heterocycles. The van der Waals surface area contributed by atoms with Crippen molar-refractivity contribution in [3.05, 3.63) is 41.1 Å². The number of rotatable bonds is 3. The average molecular weight is 285 g/mol. The molecule has 1 aromatic heterocycles. The number of aryl methyl sites for hydroxylation is 1. The Labute approximate surface area is 123 Å². The molecule has 0 radical (unpaired) electrons. The molecule has 2 aromatic rings. The summed E-state index contributed by atoms with van der Waals surface area (Å²) in [4.78, 5) is 11.8. The molecule has 0 saturated carbocycles. The number of amides is 1.